The van der Waals surface area contributed by atoms with Gasteiger partial charge in [0.1, 0.15) is 0 Å². The lowest BCUT2D eigenvalue weighted by Crippen LogP contribution is -2.29. The molecule has 3 nitrogen and oxygen atoms in total. The van der Waals surface area contributed by atoms with Gasteiger partial charge in [0.05, 0.1) is 13.2 Å². The van der Waals surface area contributed by atoms with Crippen LogP contribution in [-0.4, -0.2) is 13.7 Å². The molecule has 0 fully saturated rings. The highest BCUT2D eigenvalue weighted by Crippen LogP contribution is 2.13. The van der Waals surface area contributed by atoms with Crippen LogP contribution in [0.15, 0.2) is 18.3 Å². The second-order valence-electron chi connectivity index (χ2n) is 2.45. The molecule has 0 radical (unpaired) electrons. The summed E-state index contributed by atoms with van der Waals surface area (Å²) in [7, 11) is 1.66. The zero-order valence-electron chi connectivity index (χ0n) is 6.41. The number of pyridine rings is 1. The maximum absolute atomic E-state index is 5.31. The summed E-state index contributed by atoms with van der Waals surface area (Å²) in [5.41, 5.74) is 0. The van der Waals surface area contributed by atoms with Crippen molar-refractivity contribution in [3.63, 3.8) is 0 Å². The van der Waals surface area contributed by atoms with E-state index in [4.69, 9.17) is 9.47 Å². The topological polar surface area (TPSA) is 22.3 Å². The Balaban J connectivity index is 2.41. The standard InChI is InChI=1S/C8H10NO2/c1-10-7-2-3-8-9(6-7)4-5-11-8/h2-3,6H,4-5H2,1H3/q+1. The van der Waals surface area contributed by atoms with E-state index in [1.54, 1.807) is 7.11 Å². The van der Waals surface area contributed by atoms with E-state index >= 15 is 0 Å². The van der Waals surface area contributed by atoms with Gasteiger partial charge in [0.25, 0.3) is 0 Å². The average Bonchev–Trinajstić information content (AvgIpc) is 2.50. The van der Waals surface area contributed by atoms with Crippen molar-refractivity contribution in [1.82, 2.24) is 0 Å². The van der Waals surface area contributed by atoms with Crippen molar-refractivity contribution in [2.45, 2.75) is 6.54 Å². The van der Waals surface area contributed by atoms with E-state index in [-0.39, 0.29) is 0 Å². The number of methoxy groups -OCH3 is 1. The predicted molar refractivity (Wildman–Crippen MR) is 38.7 cm³/mol. The van der Waals surface area contributed by atoms with Crippen LogP contribution in [0.4, 0.5) is 0 Å². The Bertz CT molecular complexity index is 273. The molecule has 0 N–H and O–H groups in total. The quantitative estimate of drug-likeness (QED) is 0.543. The van der Waals surface area contributed by atoms with Crippen molar-refractivity contribution >= 4 is 0 Å². The first-order valence-corrected chi connectivity index (χ1v) is 3.60. The summed E-state index contributed by atoms with van der Waals surface area (Å²) >= 11 is 0. The number of hydrogen-bond acceptors (Lipinski definition) is 2. The van der Waals surface area contributed by atoms with Crippen LogP contribution in [0.3, 0.4) is 0 Å². The molecule has 2 rings (SSSR count). The third-order valence-corrected chi connectivity index (χ3v) is 1.77. The van der Waals surface area contributed by atoms with Crippen LogP contribution in [-0.2, 0) is 6.54 Å². The number of rotatable bonds is 1. The largest absolute Gasteiger partial charge is 0.491 e. The molecule has 0 atom stereocenters. The van der Waals surface area contributed by atoms with Crippen molar-refractivity contribution < 1.29 is 14.0 Å². The third-order valence-electron chi connectivity index (χ3n) is 1.77. The Labute approximate surface area is 65.2 Å². The zero-order chi connectivity index (χ0) is 7.68. The summed E-state index contributed by atoms with van der Waals surface area (Å²) in [5, 5.41) is 0. The van der Waals surface area contributed by atoms with Crippen LogP contribution >= 0.6 is 0 Å². The van der Waals surface area contributed by atoms with Gasteiger partial charge in [0.15, 0.2) is 18.9 Å². The number of fused-ring (bicyclic) bond motifs is 1. The fraction of sp³-hybridized carbons (Fsp3) is 0.375. The monoisotopic (exact) mass is 152 g/mol. The lowest BCUT2D eigenvalue weighted by Gasteiger charge is -1.95. The first-order chi connectivity index (χ1) is 5.40. The van der Waals surface area contributed by atoms with E-state index in [0.29, 0.717) is 0 Å². The molecule has 0 amide bonds. The summed E-state index contributed by atoms with van der Waals surface area (Å²) in [6, 6.07) is 3.82. The average molecular weight is 152 g/mol. The van der Waals surface area contributed by atoms with Crippen LogP contribution in [0, 0.1) is 0 Å². The van der Waals surface area contributed by atoms with Crippen molar-refractivity contribution in [3.05, 3.63) is 18.3 Å². The smallest absolute Gasteiger partial charge is 0.368 e. The van der Waals surface area contributed by atoms with Crippen LogP contribution in [0.5, 0.6) is 11.6 Å². The van der Waals surface area contributed by atoms with Gasteiger partial charge in [-0.1, -0.05) is 0 Å². The molecule has 0 unspecified atom stereocenters. The first kappa shape index (κ1) is 6.46. The summed E-state index contributed by atoms with van der Waals surface area (Å²) < 4.78 is 12.4. The van der Waals surface area contributed by atoms with E-state index < -0.39 is 0 Å². The van der Waals surface area contributed by atoms with Crippen molar-refractivity contribution in [2.24, 2.45) is 0 Å². The van der Waals surface area contributed by atoms with Gasteiger partial charge in [0.2, 0.25) is 6.20 Å². The third kappa shape index (κ3) is 1.02. The molecule has 58 valence electrons. The SMILES string of the molecule is COc1ccc2[n+](c1)CCO2. The Morgan fingerprint density at radius 1 is 1.55 bits per heavy atom. The van der Waals surface area contributed by atoms with Crippen LogP contribution in [0.25, 0.3) is 0 Å². The van der Waals surface area contributed by atoms with Gasteiger partial charge in [0, 0.05) is 0 Å². The van der Waals surface area contributed by atoms with Gasteiger partial charge in [-0.15, -0.1) is 0 Å². The molecule has 0 saturated carbocycles. The molecule has 1 aromatic rings. The number of ether oxygens (including phenoxy) is 2. The normalized spacial score (nSPS) is 13.9. The second kappa shape index (κ2) is 2.42. The summed E-state index contributed by atoms with van der Waals surface area (Å²) in [6.45, 7) is 1.69. The van der Waals surface area contributed by atoms with E-state index in [1.165, 1.54) is 0 Å². The lowest BCUT2D eigenvalue weighted by molar-refractivity contribution is -0.679. The van der Waals surface area contributed by atoms with E-state index in [1.807, 2.05) is 22.9 Å². The molecular weight excluding hydrogens is 142 g/mol. The van der Waals surface area contributed by atoms with E-state index in [2.05, 4.69) is 0 Å². The molecule has 1 aliphatic heterocycles. The Hall–Kier alpha value is -1.25. The van der Waals surface area contributed by atoms with Gasteiger partial charge in [-0.2, -0.15) is 4.57 Å². The molecule has 0 aromatic carbocycles. The Morgan fingerprint density at radius 2 is 2.45 bits per heavy atom. The summed E-state index contributed by atoms with van der Waals surface area (Å²) in [4.78, 5) is 0. The molecular formula is C8H10NO2+. The number of aromatic nitrogens is 1. The molecule has 0 aliphatic carbocycles. The summed E-state index contributed by atoms with van der Waals surface area (Å²) in [5.74, 6) is 1.80. The van der Waals surface area contributed by atoms with Crippen LogP contribution < -0.4 is 14.0 Å². The van der Waals surface area contributed by atoms with Crippen molar-refractivity contribution in [1.29, 1.82) is 0 Å². The molecule has 0 spiro atoms. The molecule has 1 aromatic heterocycles. The van der Waals surface area contributed by atoms with Gasteiger partial charge < -0.3 is 9.47 Å². The number of hydrogen-bond donors (Lipinski definition) is 0. The van der Waals surface area contributed by atoms with E-state index in [9.17, 15) is 0 Å². The Kier molecular flexibility index (Phi) is 1.42. The first-order valence-electron chi connectivity index (χ1n) is 3.60. The molecule has 2 heterocycles. The van der Waals surface area contributed by atoms with Gasteiger partial charge in [-0.05, 0) is 6.07 Å². The minimum Gasteiger partial charge on any atom is -0.491 e. The van der Waals surface area contributed by atoms with E-state index in [0.717, 1.165) is 24.8 Å². The maximum atomic E-state index is 5.31. The lowest BCUT2D eigenvalue weighted by atomic mass is 10.4. The fourth-order valence-electron chi connectivity index (χ4n) is 1.18. The van der Waals surface area contributed by atoms with Crippen LogP contribution in [0.1, 0.15) is 0 Å². The highest BCUT2D eigenvalue weighted by molar-refractivity contribution is 5.18. The second-order valence-corrected chi connectivity index (χ2v) is 2.45. The zero-order valence-corrected chi connectivity index (χ0v) is 6.41. The Morgan fingerprint density at radius 3 is 3.27 bits per heavy atom. The van der Waals surface area contributed by atoms with Crippen molar-refractivity contribution in [2.75, 3.05) is 13.7 Å². The molecule has 0 bridgehead atoms. The minimum atomic E-state index is 0.771. The summed E-state index contributed by atoms with van der Waals surface area (Å²) in [6.07, 6.45) is 1.95. The number of nitrogens with zero attached hydrogens (tertiary/aromatic N) is 1. The predicted octanol–water partition coefficient (Wildman–Crippen LogP) is 0.375. The minimum absolute atomic E-state index is 0.771. The fourth-order valence-corrected chi connectivity index (χ4v) is 1.18. The van der Waals surface area contributed by atoms with Gasteiger partial charge in [-0.3, -0.25) is 0 Å². The molecule has 0 saturated heterocycles. The highest BCUT2D eigenvalue weighted by Gasteiger charge is 2.19. The van der Waals surface area contributed by atoms with Crippen molar-refractivity contribution in [3.8, 4) is 11.6 Å². The molecule has 11 heavy (non-hydrogen) atoms. The van der Waals surface area contributed by atoms with Gasteiger partial charge in [-0.25, -0.2) is 0 Å². The highest BCUT2D eigenvalue weighted by atomic mass is 16.5. The van der Waals surface area contributed by atoms with Gasteiger partial charge >= 0.3 is 5.88 Å². The van der Waals surface area contributed by atoms with Crippen LogP contribution in [0.2, 0.25) is 0 Å². The molecule has 1 aliphatic rings. The molecule has 3 heteroatoms. The maximum Gasteiger partial charge on any atom is 0.368 e.